The van der Waals surface area contributed by atoms with Gasteiger partial charge in [0, 0.05) is 12.6 Å². The van der Waals surface area contributed by atoms with E-state index < -0.39 is 0 Å². The van der Waals surface area contributed by atoms with Crippen LogP contribution in [0, 0.1) is 5.82 Å². The van der Waals surface area contributed by atoms with Crippen molar-refractivity contribution in [1.82, 2.24) is 9.38 Å². The predicted octanol–water partition coefficient (Wildman–Crippen LogP) is 2.88. The summed E-state index contributed by atoms with van der Waals surface area (Å²) in [7, 11) is 0. The molecule has 0 aliphatic rings. The fourth-order valence-corrected chi connectivity index (χ4v) is 2.11. The number of aromatic nitrogens is 2. The molecule has 0 aliphatic heterocycles. The second kappa shape index (κ2) is 4.65. The summed E-state index contributed by atoms with van der Waals surface area (Å²) >= 11 is 0. The first kappa shape index (κ1) is 11.6. The second-order valence-corrected chi connectivity index (χ2v) is 4.29. The van der Waals surface area contributed by atoms with Gasteiger partial charge in [-0.1, -0.05) is 18.2 Å². The van der Waals surface area contributed by atoms with E-state index in [-0.39, 0.29) is 5.82 Å². The van der Waals surface area contributed by atoms with Crippen LogP contribution < -0.4 is 0 Å². The van der Waals surface area contributed by atoms with Crippen molar-refractivity contribution in [3.63, 3.8) is 0 Å². The molecule has 4 heteroatoms. The Balaban J connectivity index is 2.05. The van der Waals surface area contributed by atoms with E-state index in [0.29, 0.717) is 17.8 Å². The van der Waals surface area contributed by atoms with Crippen molar-refractivity contribution in [2.45, 2.75) is 6.42 Å². The lowest BCUT2D eigenvalue weighted by molar-refractivity contribution is 0.111. The number of benzene rings is 1. The molecule has 3 aromatic rings. The fourth-order valence-electron chi connectivity index (χ4n) is 2.11. The zero-order valence-electron chi connectivity index (χ0n) is 10.1. The third kappa shape index (κ3) is 2.12. The molecule has 0 bridgehead atoms. The van der Waals surface area contributed by atoms with Gasteiger partial charge in [-0.25, -0.2) is 9.37 Å². The normalized spacial score (nSPS) is 10.8. The average molecular weight is 254 g/mol. The number of halogens is 1. The van der Waals surface area contributed by atoms with E-state index in [0.717, 1.165) is 17.5 Å². The Morgan fingerprint density at radius 3 is 2.68 bits per heavy atom. The molecule has 0 saturated heterocycles. The van der Waals surface area contributed by atoms with Gasteiger partial charge in [0.25, 0.3) is 0 Å². The van der Waals surface area contributed by atoms with Crippen LogP contribution in [0.4, 0.5) is 4.39 Å². The van der Waals surface area contributed by atoms with Crippen molar-refractivity contribution < 1.29 is 9.18 Å². The summed E-state index contributed by atoms with van der Waals surface area (Å²) in [5.74, 6) is -0.269. The van der Waals surface area contributed by atoms with Crippen molar-refractivity contribution in [3.8, 4) is 0 Å². The van der Waals surface area contributed by atoms with Crippen molar-refractivity contribution >= 4 is 11.9 Å². The fraction of sp³-hybridized carbons (Fsp3) is 0.0667. The number of carbonyl (C=O) groups excluding carboxylic acids is 1. The maximum Gasteiger partial charge on any atom is 0.168 e. The van der Waals surface area contributed by atoms with Gasteiger partial charge in [-0.05, 0) is 29.8 Å². The Kier molecular flexibility index (Phi) is 2.83. The Labute approximate surface area is 109 Å². The topological polar surface area (TPSA) is 34.4 Å². The van der Waals surface area contributed by atoms with Crippen LogP contribution in [0.3, 0.4) is 0 Å². The predicted molar refractivity (Wildman–Crippen MR) is 69.8 cm³/mol. The Morgan fingerprint density at radius 1 is 1.16 bits per heavy atom. The zero-order chi connectivity index (χ0) is 13.2. The van der Waals surface area contributed by atoms with Gasteiger partial charge in [0.2, 0.25) is 0 Å². The number of carbonyl (C=O) groups is 1. The molecule has 94 valence electrons. The quantitative estimate of drug-likeness (QED) is 0.673. The van der Waals surface area contributed by atoms with E-state index in [4.69, 9.17) is 0 Å². The van der Waals surface area contributed by atoms with Crippen LogP contribution in [0.15, 0.2) is 48.7 Å². The summed E-state index contributed by atoms with van der Waals surface area (Å²) < 4.78 is 14.6. The maximum absolute atomic E-state index is 12.9. The standard InChI is InChI=1S/C15H11FN2O/c16-12-6-4-11(5-7-12)9-13-14(10-19)18-8-2-1-3-15(18)17-13/h1-8,10H,9H2. The highest BCUT2D eigenvalue weighted by Crippen LogP contribution is 2.15. The van der Waals surface area contributed by atoms with Gasteiger partial charge in [0.05, 0.1) is 5.69 Å². The van der Waals surface area contributed by atoms with Gasteiger partial charge in [0.15, 0.2) is 6.29 Å². The van der Waals surface area contributed by atoms with Gasteiger partial charge in [-0.15, -0.1) is 0 Å². The first-order valence-corrected chi connectivity index (χ1v) is 5.93. The van der Waals surface area contributed by atoms with Gasteiger partial charge in [-0.3, -0.25) is 9.20 Å². The molecular formula is C15H11FN2O. The van der Waals surface area contributed by atoms with E-state index in [1.54, 1.807) is 22.7 Å². The second-order valence-electron chi connectivity index (χ2n) is 4.29. The van der Waals surface area contributed by atoms with Crippen molar-refractivity contribution in [3.05, 3.63) is 71.4 Å². The minimum atomic E-state index is -0.269. The van der Waals surface area contributed by atoms with Crippen LogP contribution in [0.5, 0.6) is 0 Å². The van der Waals surface area contributed by atoms with Gasteiger partial charge < -0.3 is 0 Å². The number of pyridine rings is 1. The van der Waals surface area contributed by atoms with Crippen LogP contribution >= 0.6 is 0 Å². The number of fused-ring (bicyclic) bond motifs is 1. The van der Waals surface area contributed by atoms with Gasteiger partial charge in [0.1, 0.15) is 17.2 Å². The number of rotatable bonds is 3. The molecule has 0 amide bonds. The molecule has 1 aromatic carbocycles. The van der Waals surface area contributed by atoms with Crippen LogP contribution in [0.25, 0.3) is 5.65 Å². The largest absolute Gasteiger partial charge is 0.297 e. The van der Waals surface area contributed by atoms with Crippen molar-refractivity contribution in [2.75, 3.05) is 0 Å². The molecular weight excluding hydrogens is 243 g/mol. The summed E-state index contributed by atoms with van der Waals surface area (Å²) in [4.78, 5) is 15.7. The molecule has 0 aliphatic carbocycles. The zero-order valence-corrected chi connectivity index (χ0v) is 10.1. The lowest BCUT2D eigenvalue weighted by Crippen LogP contribution is -1.96. The first-order valence-electron chi connectivity index (χ1n) is 5.93. The molecule has 0 N–H and O–H groups in total. The molecule has 2 aromatic heterocycles. The summed E-state index contributed by atoms with van der Waals surface area (Å²) in [5, 5.41) is 0. The first-order chi connectivity index (χ1) is 9.28. The summed E-state index contributed by atoms with van der Waals surface area (Å²) in [5.41, 5.74) is 2.90. The third-order valence-corrected chi connectivity index (χ3v) is 3.04. The van der Waals surface area contributed by atoms with Gasteiger partial charge >= 0.3 is 0 Å². The highest BCUT2D eigenvalue weighted by Gasteiger charge is 2.11. The lowest BCUT2D eigenvalue weighted by atomic mass is 10.1. The molecule has 0 fully saturated rings. The number of hydrogen-bond donors (Lipinski definition) is 0. The van der Waals surface area contributed by atoms with E-state index in [2.05, 4.69) is 4.98 Å². The molecule has 3 nitrogen and oxygen atoms in total. The summed E-state index contributed by atoms with van der Waals surface area (Å²) in [6.07, 6.45) is 3.12. The minimum absolute atomic E-state index is 0.269. The molecule has 2 heterocycles. The highest BCUT2D eigenvalue weighted by molar-refractivity contribution is 5.76. The maximum atomic E-state index is 12.9. The van der Waals surface area contributed by atoms with E-state index in [9.17, 15) is 9.18 Å². The molecule has 0 atom stereocenters. The molecule has 0 unspecified atom stereocenters. The monoisotopic (exact) mass is 254 g/mol. The summed E-state index contributed by atoms with van der Waals surface area (Å²) in [6.45, 7) is 0. The Bertz CT molecular complexity index is 731. The van der Waals surface area contributed by atoms with Crippen LogP contribution in [0.1, 0.15) is 21.7 Å². The Morgan fingerprint density at radius 2 is 1.95 bits per heavy atom. The smallest absolute Gasteiger partial charge is 0.168 e. The van der Waals surface area contributed by atoms with Crippen molar-refractivity contribution in [1.29, 1.82) is 0 Å². The highest BCUT2D eigenvalue weighted by atomic mass is 19.1. The molecule has 0 saturated carbocycles. The van der Waals surface area contributed by atoms with Crippen LogP contribution in [0.2, 0.25) is 0 Å². The SMILES string of the molecule is O=Cc1c(Cc2ccc(F)cc2)nc2ccccn12. The molecule has 0 spiro atoms. The van der Waals surface area contributed by atoms with Crippen LogP contribution in [-0.4, -0.2) is 15.7 Å². The Hall–Kier alpha value is -2.49. The third-order valence-electron chi connectivity index (χ3n) is 3.04. The van der Waals surface area contributed by atoms with Gasteiger partial charge in [-0.2, -0.15) is 0 Å². The van der Waals surface area contributed by atoms with E-state index >= 15 is 0 Å². The lowest BCUT2D eigenvalue weighted by Gasteiger charge is -1.99. The van der Waals surface area contributed by atoms with Crippen molar-refractivity contribution in [2.24, 2.45) is 0 Å². The molecule has 19 heavy (non-hydrogen) atoms. The number of hydrogen-bond acceptors (Lipinski definition) is 2. The molecule has 0 radical (unpaired) electrons. The average Bonchev–Trinajstić information content (AvgIpc) is 2.78. The van der Waals surface area contributed by atoms with E-state index in [1.807, 2.05) is 18.2 Å². The molecule has 3 rings (SSSR count). The van der Waals surface area contributed by atoms with Crippen LogP contribution in [-0.2, 0) is 6.42 Å². The number of aldehydes is 1. The number of imidazole rings is 1. The minimum Gasteiger partial charge on any atom is -0.297 e. The summed E-state index contributed by atoms with van der Waals surface area (Å²) in [6, 6.07) is 11.8. The number of nitrogens with zero attached hydrogens (tertiary/aromatic N) is 2. The van der Waals surface area contributed by atoms with E-state index in [1.165, 1.54) is 12.1 Å².